The van der Waals surface area contributed by atoms with Crippen molar-refractivity contribution >= 4 is 23.5 Å². The van der Waals surface area contributed by atoms with Gasteiger partial charge in [-0.2, -0.15) is 0 Å². The summed E-state index contributed by atoms with van der Waals surface area (Å²) < 4.78 is 26.6. The molecule has 0 saturated carbocycles. The lowest BCUT2D eigenvalue weighted by molar-refractivity contribution is 0.272. The molecule has 0 rings (SSSR count). The Bertz CT molecular complexity index is 260. The van der Waals surface area contributed by atoms with Crippen LogP contribution in [0.3, 0.4) is 0 Å². The first-order chi connectivity index (χ1) is 8.41. The Morgan fingerprint density at radius 2 is 0.818 bits per heavy atom. The van der Waals surface area contributed by atoms with Gasteiger partial charge in [0.25, 0.3) is 0 Å². The summed E-state index contributed by atoms with van der Waals surface area (Å²) in [6.07, 6.45) is 2.39. The Morgan fingerprint density at radius 3 is 0.818 bits per heavy atom. The number of hydrogen-bond donors (Lipinski definition) is 12. The van der Waals surface area contributed by atoms with Crippen LogP contribution in [0.4, 0.5) is 0 Å². The van der Waals surface area contributed by atoms with E-state index >= 15 is 0 Å². The lowest BCUT2D eigenvalue weighted by Crippen LogP contribution is -1.95. The SMILES string of the molecule is CCCCN.N.N.O=P(O)(O)O.O=P(O)(O)O.O=P(O)(O)O. The van der Waals surface area contributed by atoms with Crippen LogP contribution in [0.2, 0.25) is 0 Å². The topological polar surface area (TPSA) is 329 Å². The molecule has 15 nitrogen and oxygen atoms in total. The van der Waals surface area contributed by atoms with Crippen molar-refractivity contribution in [2.45, 2.75) is 19.8 Å². The minimum absolute atomic E-state index is 0. The third kappa shape index (κ3) is 1530. The zero-order valence-electron chi connectivity index (χ0n) is 11.7. The van der Waals surface area contributed by atoms with Crippen LogP contribution in [-0.4, -0.2) is 50.6 Å². The Kier molecular flexibility index (Phi) is 33.3. The van der Waals surface area contributed by atoms with E-state index < -0.39 is 23.5 Å². The summed E-state index contributed by atoms with van der Waals surface area (Å²) in [4.78, 5) is 64.7. The molecule has 0 aliphatic carbocycles. The number of nitrogens with two attached hydrogens (primary N) is 1. The van der Waals surface area contributed by atoms with E-state index in [2.05, 4.69) is 6.92 Å². The molecule has 0 unspecified atom stereocenters. The Labute approximate surface area is 126 Å². The number of rotatable bonds is 2. The largest absolute Gasteiger partial charge is 0.466 e. The molecule has 0 aromatic heterocycles. The number of phosphoric acid groups is 3. The number of unbranched alkanes of at least 4 members (excludes halogenated alkanes) is 1. The monoisotopic (exact) mass is 401 g/mol. The first-order valence-electron chi connectivity index (χ1n) is 4.46. The van der Waals surface area contributed by atoms with Crippen molar-refractivity contribution in [3.63, 3.8) is 0 Å². The van der Waals surface area contributed by atoms with E-state index in [0.29, 0.717) is 0 Å². The van der Waals surface area contributed by atoms with Gasteiger partial charge in [0.05, 0.1) is 0 Å². The van der Waals surface area contributed by atoms with E-state index in [1.165, 1.54) is 12.8 Å². The van der Waals surface area contributed by atoms with Gasteiger partial charge < -0.3 is 62.1 Å². The van der Waals surface area contributed by atoms with Gasteiger partial charge in [-0.1, -0.05) is 13.3 Å². The van der Waals surface area contributed by atoms with Crippen LogP contribution in [-0.2, 0) is 13.7 Å². The van der Waals surface area contributed by atoms with Crippen molar-refractivity contribution in [1.82, 2.24) is 12.3 Å². The molecule has 0 radical (unpaired) electrons. The molecular formula is C4H26N3O12P3. The van der Waals surface area contributed by atoms with Crippen molar-refractivity contribution in [3.8, 4) is 0 Å². The Balaban J connectivity index is -0.0000000376. The van der Waals surface area contributed by atoms with Gasteiger partial charge in [0.15, 0.2) is 0 Å². The van der Waals surface area contributed by atoms with Crippen molar-refractivity contribution in [2.75, 3.05) is 6.54 Å². The maximum Gasteiger partial charge on any atom is 0.466 e. The van der Waals surface area contributed by atoms with Gasteiger partial charge in [-0.15, -0.1) is 0 Å². The molecule has 144 valence electrons. The fourth-order valence-corrected chi connectivity index (χ4v) is 0.204. The zero-order valence-corrected chi connectivity index (χ0v) is 14.4. The zero-order chi connectivity index (χ0) is 17.6. The molecule has 0 aliphatic rings. The maximum absolute atomic E-state index is 8.88. The first kappa shape index (κ1) is 38.0. The standard InChI is InChI=1S/C4H11N.2H3N.3H3O4P/c1-2-3-4-5;;;3*1-5(2,3)4/h2-5H2,1H3;2*1H3;3*(H3,1,2,3,4). The summed E-state index contributed by atoms with van der Waals surface area (Å²) in [5.41, 5.74) is 5.14. The van der Waals surface area contributed by atoms with Crippen molar-refractivity contribution in [3.05, 3.63) is 0 Å². The molecule has 0 saturated heterocycles. The van der Waals surface area contributed by atoms with Gasteiger partial charge in [-0.3, -0.25) is 0 Å². The Hall–Kier alpha value is 0.210. The van der Waals surface area contributed by atoms with Gasteiger partial charge in [0.2, 0.25) is 0 Å². The predicted octanol–water partition coefficient (Wildman–Crippen LogP) is -1.72. The van der Waals surface area contributed by atoms with Gasteiger partial charge in [0, 0.05) is 0 Å². The van der Waals surface area contributed by atoms with Crippen LogP contribution in [0.5, 0.6) is 0 Å². The normalized spacial score (nSPS) is 9.95. The molecule has 0 aliphatic heterocycles. The molecule has 0 spiro atoms. The molecule has 17 N–H and O–H groups in total. The summed E-state index contributed by atoms with van der Waals surface area (Å²) in [6, 6.07) is 0. The molecule has 0 fully saturated rings. The highest BCUT2D eigenvalue weighted by molar-refractivity contribution is 7.45. The molecule has 0 heterocycles. The van der Waals surface area contributed by atoms with Gasteiger partial charge in [-0.05, 0) is 13.0 Å². The van der Waals surface area contributed by atoms with Crippen LogP contribution in [0, 0.1) is 0 Å². The van der Waals surface area contributed by atoms with Gasteiger partial charge >= 0.3 is 23.5 Å². The van der Waals surface area contributed by atoms with E-state index in [4.69, 9.17) is 63.5 Å². The molecule has 0 bridgehead atoms. The highest BCUT2D eigenvalue weighted by Crippen LogP contribution is 2.26. The summed E-state index contributed by atoms with van der Waals surface area (Å²) in [6.45, 7) is 2.98. The molecular weight excluding hydrogens is 375 g/mol. The van der Waals surface area contributed by atoms with Gasteiger partial charge in [-0.25, -0.2) is 13.7 Å². The van der Waals surface area contributed by atoms with Crippen molar-refractivity contribution < 1.29 is 57.7 Å². The quantitative estimate of drug-likeness (QED) is 0.229. The fraction of sp³-hybridized carbons (Fsp3) is 1.00. The molecule has 22 heavy (non-hydrogen) atoms. The molecule has 0 amide bonds. The van der Waals surface area contributed by atoms with Crippen LogP contribution < -0.4 is 18.0 Å². The van der Waals surface area contributed by atoms with E-state index in [-0.39, 0.29) is 12.3 Å². The second kappa shape index (κ2) is 19.3. The summed E-state index contributed by atoms with van der Waals surface area (Å²) in [7, 11) is -13.9. The van der Waals surface area contributed by atoms with Crippen molar-refractivity contribution in [1.29, 1.82) is 0 Å². The minimum atomic E-state index is -4.64. The van der Waals surface area contributed by atoms with Crippen molar-refractivity contribution in [2.24, 2.45) is 5.73 Å². The third-order valence-corrected chi connectivity index (χ3v) is 0.558. The third-order valence-electron chi connectivity index (χ3n) is 0.558. The first-order valence-corrected chi connectivity index (χ1v) is 9.16. The van der Waals surface area contributed by atoms with Crippen LogP contribution in [0.25, 0.3) is 0 Å². The molecule has 18 heteroatoms. The summed E-state index contributed by atoms with van der Waals surface area (Å²) in [5.74, 6) is 0. The fourth-order valence-electron chi connectivity index (χ4n) is 0.204. The highest BCUT2D eigenvalue weighted by atomic mass is 31.2. The predicted molar refractivity (Wildman–Crippen MR) is 76.8 cm³/mol. The summed E-state index contributed by atoms with van der Waals surface area (Å²) in [5, 5.41) is 0. The van der Waals surface area contributed by atoms with E-state index in [9.17, 15) is 0 Å². The van der Waals surface area contributed by atoms with E-state index in [0.717, 1.165) is 6.54 Å². The van der Waals surface area contributed by atoms with E-state index in [1.807, 2.05) is 0 Å². The van der Waals surface area contributed by atoms with E-state index in [1.54, 1.807) is 0 Å². The van der Waals surface area contributed by atoms with Crippen LogP contribution in [0.15, 0.2) is 0 Å². The Morgan fingerprint density at radius 1 is 0.682 bits per heavy atom. The highest BCUT2D eigenvalue weighted by Gasteiger charge is 2.01. The molecule has 0 aromatic rings. The van der Waals surface area contributed by atoms with Crippen LogP contribution >= 0.6 is 23.5 Å². The second-order valence-electron chi connectivity index (χ2n) is 2.68. The average molecular weight is 401 g/mol. The maximum atomic E-state index is 8.88. The molecule has 0 atom stereocenters. The lowest BCUT2D eigenvalue weighted by atomic mass is 10.3. The summed E-state index contributed by atoms with van der Waals surface area (Å²) >= 11 is 0. The molecule has 0 aromatic carbocycles. The smallest absolute Gasteiger partial charge is 0.344 e. The average Bonchev–Trinajstić information content (AvgIpc) is 1.94. The number of hydrogen-bond acceptors (Lipinski definition) is 6. The van der Waals surface area contributed by atoms with Crippen LogP contribution in [0.1, 0.15) is 19.8 Å². The second-order valence-corrected chi connectivity index (χ2v) is 5.76. The minimum Gasteiger partial charge on any atom is -0.344 e. The van der Waals surface area contributed by atoms with Gasteiger partial charge in [0.1, 0.15) is 0 Å². The lowest BCUT2D eigenvalue weighted by Gasteiger charge is -1.82.